The quantitative estimate of drug-likeness (QED) is 0.926. The first-order chi connectivity index (χ1) is 9.03. The lowest BCUT2D eigenvalue weighted by Gasteiger charge is -2.44. The molecule has 2 atom stereocenters. The van der Waals surface area contributed by atoms with Gasteiger partial charge in [0.2, 0.25) is 0 Å². The Morgan fingerprint density at radius 1 is 1.42 bits per heavy atom. The Kier molecular flexibility index (Phi) is 5.18. The third-order valence-corrected chi connectivity index (χ3v) is 5.33. The predicted octanol–water partition coefficient (Wildman–Crippen LogP) is 3.04. The number of nitrogens with zero attached hydrogens (tertiary/aromatic N) is 1. The molecule has 4 heteroatoms. The summed E-state index contributed by atoms with van der Waals surface area (Å²) in [5.74, 6) is 1.21. The first kappa shape index (κ1) is 15.2. The average molecular weight is 299 g/mol. The molecular weight excluding hydrogens is 276 g/mol. The lowest BCUT2D eigenvalue weighted by atomic mass is 9.90. The number of benzene rings is 1. The van der Waals surface area contributed by atoms with E-state index < -0.39 is 0 Å². The summed E-state index contributed by atoms with van der Waals surface area (Å²) >= 11 is 8.00. The van der Waals surface area contributed by atoms with Crippen LogP contribution in [0, 0.1) is 0 Å². The fourth-order valence-electron chi connectivity index (χ4n) is 2.66. The van der Waals surface area contributed by atoms with Crippen LogP contribution in [-0.4, -0.2) is 41.1 Å². The van der Waals surface area contributed by atoms with Crippen molar-refractivity contribution in [2.75, 3.05) is 25.4 Å². The Bertz CT molecular complexity index is 409. The summed E-state index contributed by atoms with van der Waals surface area (Å²) in [6.07, 6.45) is 0.984. The van der Waals surface area contributed by atoms with Crippen molar-refractivity contribution in [3.05, 3.63) is 34.9 Å². The molecule has 0 bridgehead atoms. The van der Waals surface area contributed by atoms with Crippen molar-refractivity contribution < 1.29 is 0 Å². The van der Waals surface area contributed by atoms with Crippen LogP contribution in [0.3, 0.4) is 0 Å². The number of halogens is 1. The summed E-state index contributed by atoms with van der Waals surface area (Å²) in [5, 5.41) is 1.49. The van der Waals surface area contributed by atoms with Gasteiger partial charge in [0, 0.05) is 41.2 Å². The van der Waals surface area contributed by atoms with Crippen molar-refractivity contribution in [2.24, 2.45) is 5.73 Å². The molecule has 2 unspecified atom stereocenters. The molecule has 0 amide bonds. The molecule has 2 N–H and O–H groups in total. The zero-order valence-electron chi connectivity index (χ0n) is 11.7. The minimum Gasteiger partial charge on any atom is -0.329 e. The molecule has 1 heterocycles. The van der Waals surface area contributed by atoms with Gasteiger partial charge in [-0.05, 0) is 31.0 Å². The standard InChI is InChI=1S/C15H23ClN2S/c1-12-10-18(7-8-19-12)15(2,11-17)9-13-3-5-14(16)6-4-13/h3-6,12H,7-11,17H2,1-2H3. The lowest BCUT2D eigenvalue weighted by molar-refractivity contribution is 0.116. The number of nitrogens with two attached hydrogens (primary N) is 1. The molecular formula is C15H23ClN2S. The van der Waals surface area contributed by atoms with Gasteiger partial charge in [-0.3, -0.25) is 4.90 Å². The maximum atomic E-state index is 6.09. The van der Waals surface area contributed by atoms with Crippen LogP contribution in [0.25, 0.3) is 0 Å². The second-order valence-electron chi connectivity index (χ2n) is 5.63. The Labute approximate surface area is 125 Å². The van der Waals surface area contributed by atoms with Crippen LogP contribution in [0.15, 0.2) is 24.3 Å². The first-order valence-electron chi connectivity index (χ1n) is 6.85. The molecule has 1 fully saturated rings. The van der Waals surface area contributed by atoms with Gasteiger partial charge in [-0.1, -0.05) is 30.7 Å². The monoisotopic (exact) mass is 298 g/mol. The highest BCUT2D eigenvalue weighted by molar-refractivity contribution is 7.99. The van der Waals surface area contributed by atoms with E-state index in [1.807, 2.05) is 12.1 Å². The van der Waals surface area contributed by atoms with E-state index in [2.05, 4.69) is 42.6 Å². The van der Waals surface area contributed by atoms with E-state index in [0.717, 1.165) is 24.5 Å². The molecule has 19 heavy (non-hydrogen) atoms. The molecule has 1 aliphatic heterocycles. The van der Waals surface area contributed by atoms with E-state index in [-0.39, 0.29) is 5.54 Å². The van der Waals surface area contributed by atoms with Crippen molar-refractivity contribution in [1.29, 1.82) is 0 Å². The van der Waals surface area contributed by atoms with Crippen LogP contribution in [0.2, 0.25) is 5.02 Å². The molecule has 0 radical (unpaired) electrons. The van der Waals surface area contributed by atoms with Crippen molar-refractivity contribution in [1.82, 2.24) is 4.90 Å². The summed E-state index contributed by atoms with van der Waals surface area (Å²) in [5.41, 5.74) is 7.44. The fraction of sp³-hybridized carbons (Fsp3) is 0.600. The maximum absolute atomic E-state index is 6.09. The van der Waals surface area contributed by atoms with Gasteiger partial charge in [0.15, 0.2) is 0 Å². The SMILES string of the molecule is CC1CN(C(C)(CN)Cc2ccc(Cl)cc2)CCS1. The van der Waals surface area contributed by atoms with Gasteiger partial charge in [0.1, 0.15) is 0 Å². The van der Waals surface area contributed by atoms with Crippen LogP contribution in [0.1, 0.15) is 19.4 Å². The maximum Gasteiger partial charge on any atom is 0.0406 e. The van der Waals surface area contributed by atoms with Crippen LogP contribution < -0.4 is 5.73 Å². The number of hydrogen-bond donors (Lipinski definition) is 1. The minimum absolute atomic E-state index is 0.0447. The van der Waals surface area contributed by atoms with Gasteiger partial charge < -0.3 is 5.73 Å². The van der Waals surface area contributed by atoms with Crippen molar-refractivity contribution >= 4 is 23.4 Å². The Morgan fingerprint density at radius 3 is 2.68 bits per heavy atom. The molecule has 0 aromatic heterocycles. The van der Waals surface area contributed by atoms with E-state index in [4.69, 9.17) is 17.3 Å². The van der Waals surface area contributed by atoms with Crippen molar-refractivity contribution in [3.63, 3.8) is 0 Å². The summed E-state index contributed by atoms with van der Waals surface area (Å²) in [6.45, 7) is 7.54. The Balaban J connectivity index is 2.10. The van der Waals surface area contributed by atoms with Gasteiger partial charge in [-0.15, -0.1) is 0 Å². The van der Waals surface area contributed by atoms with Gasteiger partial charge >= 0.3 is 0 Å². The molecule has 2 rings (SSSR count). The zero-order chi connectivity index (χ0) is 13.9. The Morgan fingerprint density at radius 2 is 2.11 bits per heavy atom. The highest BCUT2D eigenvalue weighted by atomic mass is 35.5. The topological polar surface area (TPSA) is 29.3 Å². The largest absolute Gasteiger partial charge is 0.329 e. The molecule has 106 valence electrons. The smallest absolute Gasteiger partial charge is 0.0406 e. The second kappa shape index (κ2) is 6.49. The second-order valence-corrected chi connectivity index (χ2v) is 7.61. The van der Waals surface area contributed by atoms with E-state index in [9.17, 15) is 0 Å². The zero-order valence-corrected chi connectivity index (χ0v) is 13.3. The van der Waals surface area contributed by atoms with Gasteiger partial charge in [0.05, 0.1) is 0 Å². The first-order valence-corrected chi connectivity index (χ1v) is 8.27. The van der Waals surface area contributed by atoms with Crippen molar-refractivity contribution in [3.8, 4) is 0 Å². The van der Waals surface area contributed by atoms with Gasteiger partial charge in [-0.25, -0.2) is 0 Å². The van der Waals surface area contributed by atoms with Gasteiger partial charge in [0.25, 0.3) is 0 Å². The summed E-state index contributed by atoms with van der Waals surface area (Å²) in [4.78, 5) is 2.56. The minimum atomic E-state index is 0.0447. The van der Waals surface area contributed by atoms with E-state index in [0.29, 0.717) is 11.8 Å². The lowest BCUT2D eigenvalue weighted by Crippen LogP contribution is -2.57. The summed E-state index contributed by atoms with van der Waals surface area (Å²) in [7, 11) is 0. The summed E-state index contributed by atoms with van der Waals surface area (Å²) < 4.78 is 0. The molecule has 1 aromatic rings. The highest BCUT2D eigenvalue weighted by Crippen LogP contribution is 2.27. The van der Waals surface area contributed by atoms with E-state index in [1.165, 1.54) is 11.3 Å². The fourth-order valence-corrected chi connectivity index (χ4v) is 3.80. The van der Waals surface area contributed by atoms with Crippen LogP contribution in [0.4, 0.5) is 0 Å². The van der Waals surface area contributed by atoms with E-state index >= 15 is 0 Å². The molecule has 0 spiro atoms. The number of thioether (sulfide) groups is 1. The van der Waals surface area contributed by atoms with Crippen LogP contribution in [0.5, 0.6) is 0 Å². The number of hydrogen-bond acceptors (Lipinski definition) is 3. The molecule has 0 saturated carbocycles. The van der Waals surface area contributed by atoms with Crippen LogP contribution in [-0.2, 0) is 6.42 Å². The molecule has 0 aliphatic carbocycles. The third kappa shape index (κ3) is 3.88. The third-order valence-electron chi connectivity index (χ3n) is 3.94. The van der Waals surface area contributed by atoms with Crippen LogP contribution >= 0.6 is 23.4 Å². The van der Waals surface area contributed by atoms with E-state index in [1.54, 1.807) is 0 Å². The van der Waals surface area contributed by atoms with Gasteiger partial charge in [-0.2, -0.15) is 11.8 Å². The molecule has 2 nitrogen and oxygen atoms in total. The normalized spacial score (nSPS) is 24.1. The summed E-state index contributed by atoms with van der Waals surface area (Å²) in [6, 6.07) is 8.14. The average Bonchev–Trinajstić information content (AvgIpc) is 2.41. The number of rotatable bonds is 4. The molecule has 1 saturated heterocycles. The highest BCUT2D eigenvalue weighted by Gasteiger charge is 2.33. The van der Waals surface area contributed by atoms with Crippen molar-refractivity contribution in [2.45, 2.75) is 31.1 Å². The predicted molar refractivity (Wildman–Crippen MR) is 86.1 cm³/mol. The molecule has 1 aliphatic rings. The molecule has 1 aromatic carbocycles. The Hall–Kier alpha value is -0.220.